The van der Waals surface area contributed by atoms with Crippen molar-refractivity contribution in [2.45, 2.75) is 0 Å². The van der Waals surface area contributed by atoms with Gasteiger partial charge in [-0.15, -0.1) is 0 Å². The Labute approximate surface area is 115 Å². The minimum absolute atomic E-state index is 0.561. The summed E-state index contributed by atoms with van der Waals surface area (Å²) in [6.45, 7) is 0. The van der Waals surface area contributed by atoms with E-state index in [1.54, 1.807) is 13.3 Å². The van der Waals surface area contributed by atoms with Crippen LogP contribution in [0.4, 0.5) is 0 Å². The van der Waals surface area contributed by atoms with Crippen molar-refractivity contribution in [3.63, 3.8) is 0 Å². The summed E-state index contributed by atoms with van der Waals surface area (Å²) in [5.41, 5.74) is 3.33. The lowest BCUT2D eigenvalue weighted by atomic mass is 10.1. The average Bonchev–Trinajstić information content (AvgIpc) is 2.46. The molecule has 0 unspecified atom stereocenters. The number of nitrogens with zero attached hydrogens (tertiary/aromatic N) is 3. The van der Waals surface area contributed by atoms with Gasteiger partial charge in [0.15, 0.2) is 0 Å². The highest BCUT2D eigenvalue weighted by molar-refractivity contribution is 6.32. The highest BCUT2D eigenvalue weighted by atomic mass is 35.5. The number of pyridine rings is 1. The van der Waals surface area contributed by atoms with E-state index >= 15 is 0 Å². The van der Waals surface area contributed by atoms with Crippen molar-refractivity contribution >= 4 is 22.6 Å². The number of ether oxygens (including phenoxy) is 1. The summed E-state index contributed by atoms with van der Waals surface area (Å²) in [5, 5.41) is 0.561. The molecule has 0 saturated heterocycles. The molecule has 0 saturated carbocycles. The maximum atomic E-state index is 6.12. The summed E-state index contributed by atoms with van der Waals surface area (Å²) in [5.74, 6) is 0.648. The van der Waals surface area contributed by atoms with Crippen molar-refractivity contribution in [3.05, 3.63) is 47.9 Å². The standard InChI is InChI=1S/C14H10ClN3O/c1-19-14-5-2-9(6-10(14)15)11-3-4-12-13(18-11)7-16-8-17-12/h2-8H,1H3. The van der Waals surface area contributed by atoms with Crippen molar-refractivity contribution in [1.82, 2.24) is 15.0 Å². The third kappa shape index (κ3) is 2.22. The summed E-state index contributed by atoms with van der Waals surface area (Å²) in [6.07, 6.45) is 3.20. The van der Waals surface area contributed by atoms with Crippen molar-refractivity contribution in [1.29, 1.82) is 0 Å². The molecule has 2 aromatic heterocycles. The normalized spacial score (nSPS) is 10.6. The van der Waals surface area contributed by atoms with Crippen LogP contribution in [0.1, 0.15) is 0 Å². The zero-order chi connectivity index (χ0) is 13.2. The molecule has 1 aromatic carbocycles. The Morgan fingerprint density at radius 1 is 1.11 bits per heavy atom. The van der Waals surface area contributed by atoms with E-state index in [0.29, 0.717) is 10.8 Å². The van der Waals surface area contributed by atoms with Crippen LogP contribution >= 0.6 is 11.6 Å². The Kier molecular flexibility index (Phi) is 3.01. The molecule has 0 bridgehead atoms. The average molecular weight is 272 g/mol. The van der Waals surface area contributed by atoms with Crippen LogP contribution in [0.15, 0.2) is 42.9 Å². The van der Waals surface area contributed by atoms with Crippen molar-refractivity contribution in [3.8, 4) is 17.0 Å². The number of hydrogen-bond acceptors (Lipinski definition) is 4. The second kappa shape index (κ2) is 4.82. The number of hydrogen-bond donors (Lipinski definition) is 0. The van der Waals surface area contributed by atoms with Crippen molar-refractivity contribution in [2.24, 2.45) is 0 Å². The van der Waals surface area contributed by atoms with Crippen LogP contribution < -0.4 is 4.74 Å². The number of rotatable bonds is 2. The lowest BCUT2D eigenvalue weighted by Crippen LogP contribution is -1.89. The van der Waals surface area contributed by atoms with Crippen LogP contribution in [0.25, 0.3) is 22.3 Å². The molecule has 2 heterocycles. The zero-order valence-corrected chi connectivity index (χ0v) is 10.9. The molecule has 0 aliphatic rings. The van der Waals surface area contributed by atoms with Gasteiger partial charge in [-0.05, 0) is 30.3 Å². The molecule has 0 fully saturated rings. The van der Waals surface area contributed by atoms with Crippen LogP contribution in [0, 0.1) is 0 Å². The van der Waals surface area contributed by atoms with E-state index in [2.05, 4.69) is 15.0 Å². The van der Waals surface area contributed by atoms with Gasteiger partial charge in [0.05, 0.1) is 29.5 Å². The van der Waals surface area contributed by atoms with Crippen LogP contribution in [0.5, 0.6) is 5.75 Å². The van der Waals surface area contributed by atoms with Gasteiger partial charge in [-0.25, -0.2) is 15.0 Å². The number of aromatic nitrogens is 3. The van der Waals surface area contributed by atoms with Crippen LogP contribution in [0.3, 0.4) is 0 Å². The summed E-state index contributed by atoms with van der Waals surface area (Å²) in [4.78, 5) is 12.6. The molecule has 0 aliphatic heterocycles. The van der Waals surface area contributed by atoms with Gasteiger partial charge < -0.3 is 4.74 Å². The molecule has 94 valence electrons. The molecule has 0 radical (unpaired) electrons. The van der Waals surface area contributed by atoms with Gasteiger partial charge in [0, 0.05) is 5.56 Å². The van der Waals surface area contributed by atoms with Gasteiger partial charge in [-0.2, -0.15) is 0 Å². The fourth-order valence-corrected chi connectivity index (χ4v) is 2.12. The number of fused-ring (bicyclic) bond motifs is 1. The molecular formula is C14H10ClN3O. The smallest absolute Gasteiger partial charge is 0.137 e. The molecule has 0 amide bonds. The van der Waals surface area contributed by atoms with Crippen LogP contribution in [0.2, 0.25) is 5.02 Å². The highest BCUT2D eigenvalue weighted by Crippen LogP contribution is 2.29. The Morgan fingerprint density at radius 2 is 2.00 bits per heavy atom. The van der Waals surface area contributed by atoms with Crippen molar-refractivity contribution in [2.75, 3.05) is 7.11 Å². The SMILES string of the molecule is COc1ccc(-c2ccc3ncncc3n2)cc1Cl. The maximum absolute atomic E-state index is 6.12. The van der Waals surface area contributed by atoms with Crippen LogP contribution in [-0.2, 0) is 0 Å². The molecule has 4 nitrogen and oxygen atoms in total. The summed E-state index contributed by atoms with van der Waals surface area (Å²) >= 11 is 6.12. The van der Waals surface area contributed by atoms with Crippen LogP contribution in [-0.4, -0.2) is 22.1 Å². The van der Waals surface area contributed by atoms with Gasteiger partial charge in [0.25, 0.3) is 0 Å². The first-order valence-corrected chi connectivity index (χ1v) is 6.06. The molecule has 3 rings (SSSR count). The van der Waals surface area contributed by atoms with Gasteiger partial charge in [-0.3, -0.25) is 0 Å². The minimum Gasteiger partial charge on any atom is -0.495 e. The first-order chi connectivity index (χ1) is 9.28. The molecule has 5 heteroatoms. The zero-order valence-electron chi connectivity index (χ0n) is 10.2. The van der Waals surface area contributed by atoms with Crippen molar-refractivity contribution < 1.29 is 4.74 Å². The second-order valence-corrected chi connectivity index (χ2v) is 4.38. The van der Waals surface area contributed by atoms with E-state index in [0.717, 1.165) is 22.3 Å². The molecule has 0 aliphatic carbocycles. The van der Waals surface area contributed by atoms with E-state index in [-0.39, 0.29) is 0 Å². The lowest BCUT2D eigenvalue weighted by molar-refractivity contribution is 0.415. The molecule has 3 aromatic rings. The number of methoxy groups -OCH3 is 1. The first-order valence-electron chi connectivity index (χ1n) is 5.68. The third-order valence-electron chi connectivity index (χ3n) is 2.81. The third-order valence-corrected chi connectivity index (χ3v) is 3.11. The first kappa shape index (κ1) is 11.9. The monoisotopic (exact) mass is 271 g/mol. The van der Waals surface area contributed by atoms with E-state index in [1.807, 2.05) is 30.3 Å². The topological polar surface area (TPSA) is 47.9 Å². The van der Waals surface area contributed by atoms with E-state index in [9.17, 15) is 0 Å². The minimum atomic E-state index is 0.561. The Bertz CT molecular complexity index is 746. The van der Waals surface area contributed by atoms with Gasteiger partial charge >= 0.3 is 0 Å². The van der Waals surface area contributed by atoms with Gasteiger partial charge in [0.2, 0.25) is 0 Å². The molecule has 0 spiro atoms. The predicted octanol–water partition coefficient (Wildman–Crippen LogP) is 3.35. The quantitative estimate of drug-likeness (QED) is 0.717. The largest absolute Gasteiger partial charge is 0.495 e. The van der Waals surface area contributed by atoms with E-state index < -0.39 is 0 Å². The Balaban J connectivity index is 2.11. The Hall–Kier alpha value is -2.20. The highest BCUT2D eigenvalue weighted by Gasteiger charge is 2.06. The Morgan fingerprint density at radius 3 is 2.79 bits per heavy atom. The van der Waals surface area contributed by atoms with Gasteiger partial charge in [-0.1, -0.05) is 11.6 Å². The predicted molar refractivity (Wildman–Crippen MR) is 74.3 cm³/mol. The molecule has 0 atom stereocenters. The molecule has 0 N–H and O–H groups in total. The fourth-order valence-electron chi connectivity index (χ4n) is 1.86. The maximum Gasteiger partial charge on any atom is 0.137 e. The number of benzene rings is 1. The summed E-state index contributed by atoms with van der Waals surface area (Å²) < 4.78 is 5.13. The molecule has 19 heavy (non-hydrogen) atoms. The lowest BCUT2D eigenvalue weighted by Gasteiger charge is -2.06. The van der Waals surface area contributed by atoms with E-state index in [1.165, 1.54) is 6.33 Å². The fraction of sp³-hybridized carbons (Fsp3) is 0.0714. The second-order valence-electron chi connectivity index (χ2n) is 3.97. The van der Waals surface area contributed by atoms with Gasteiger partial charge in [0.1, 0.15) is 17.6 Å². The molecular weight excluding hydrogens is 262 g/mol. The van der Waals surface area contributed by atoms with E-state index in [4.69, 9.17) is 16.3 Å². The summed E-state index contributed by atoms with van der Waals surface area (Å²) in [6, 6.07) is 9.40. The summed E-state index contributed by atoms with van der Waals surface area (Å²) in [7, 11) is 1.59. The number of halogens is 1.